The van der Waals surface area contributed by atoms with Crippen molar-refractivity contribution in [2.75, 3.05) is 0 Å². The number of carbonyl (C=O) groups is 1. The highest BCUT2D eigenvalue weighted by Crippen LogP contribution is 2.34. The first-order chi connectivity index (χ1) is 10.8. The summed E-state index contributed by atoms with van der Waals surface area (Å²) in [6, 6.07) is 8.60. The van der Waals surface area contributed by atoms with Gasteiger partial charge in [-0.1, -0.05) is 12.1 Å². The number of benzene rings is 1. The SMILES string of the molecule is O=C1NC(=S)N/C1=C/c1ccc(-c2cccc(C(F)(F)F)c2)s1. The van der Waals surface area contributed by atoms with E-state index >= 15 is 0 Å². The van der Waals surface area contributed by atoms with Gasteiger partial charge in [-0.05, 0) is 48.1 Å². The molecular weight excluding hydrogens is 345 g/mol. The molecule has 1 fully saturated rings. The monoisotopic (exact) mass is 354 g/mol. The van der Waals surface area contributed by atoms with E-state index in [-0.39, 0.29) is 11.0 Å². The van der Waals surface area contributed by atoms with Crippen LogP contribution in [0.2, 0.25) is 0 Å². The number of rotatable bonds is 2. The second-order valence-electron chi connectivity index (χ2n) is 4.75. The average molecular weight is 354 g/mol. The van der Waals surface area contributed by atoms with Crippen LogP contribution in [0.1, 0.15) is 10.4 Å². The lowest BCUT2D eigenvalue weighted by molar-refractivity contribution is -0.137. The molecule has 0 aliphatic carbocycles. The van der Waals surface area contributed by atoms with Crippen LogP contribution in [0.25, 0.3) is 16.5 Å². The lowest BCUT2D eigenvalue weighted by Gasteiger charge is -2.07. The minimum absolute atomic E-state index is 0.232. The molecule has 0 radical (unpaired) electrons. The highest BCUT2D eigenvalue weighted by Gasteiger charge is 2.30. The predicted octanol–water partition coefficient (Wildman–Crippen LogP) is 3.78. The Morgan fingerprint density at radius 1 is 1.13 bits per heavy atom. The maximum absolute atomic E-state index is 12.8. The van der Waals surface area contributed by atoms with Crippen LogP contribution in [0.3, 0.4) is 0 Å². The molecule has 0 atom stereocenters. The minimum atomic E-state index is -4.38. The van der Waals surface area contributed by atoms with Gasteiger partial charge in [0.2, 0.25) is 0 Å². The Morgan fingerprint density at radius 3 is 2.57 bits per heavy atom. The molecule has 2 aromatic rings. The molecular formula is C15H9F3N2OS2. The van der Waals surface area contributed by atoms with E-state index in [2.05, 4.69) is 10.6 Å². The number of thiophene rings is 1. The number of thiocarbonyl (C=S) groups is 1. The van der Waals surface area contributed by atoms with Crippen LogP contribution < -0.4 is 10.6 Å². The molecule has 1 aromatic heterocycles. The molecule has 2 N–H and O–H groups in total. The zero-order valence-electron chi connectivity index (χ0n) is 11.4. The van der Waals surface area contributed by atoms with E-state index in [0.717, 1.165) is 17.0 Å². The fourth-order valence-corrected chi connectivity index (χ4v) is 3.21. The summed E-state index contributed by atoms with van der Waals surface area (Å²) < 4.78 is 38.3. The van der Waals surface area contributed by atoms with Crippen molar-refractivity contribution in [3.8, 4) is 10.4 Å². The highest BCUT2D eigenvalue weighted by atomic mass is 32.1. The van der Waals surface area contributed by atoms with Gasteiger partial charge in [-0.25, -0.2) is 0 Å². The Labute approximate surface area is 138 Å². The maximum atomic E-state index is 12.8. The Hall–Kier alpha value is -2.19. The normalized spacial score (nSPS) is 16.6. The van der Waals surface area contributed by atoms with E-state index in [9.17, 15) is 18.0 Å². The van der Waals surface area contributed by atoms with Crippen molar-refractivity contribution in [2.45, 2.75) is 6.18 Å². The van der Waals surface area contributed by atoms with Crippen molar-refractivity contribution in [2.24, 2.45) is 0 Å². The molecule has 23 heavy (non-hydrogen) atoms. The summed E-state index contributed by atoms with van der Waals surface area (Å²) in [6.07, 6.45) is -2.77. The maximum Gasteiger partial charge on any atom is 0.416 e. The van der Waals surface area contributed by atoms with E-state index in [1.807, 2.05) is 0 Å². The zero-order valence-corrected chi connectivity index (χ0v) is 13.0. The minimum Gasteiger partial charge on any atom is -0.328 e. The predicted molar refractivity (Wildman–Crippen MR) is 86.6 cm³/mol. The van der Waals surface area contributed by atoms with Crippen LogP contribution in [-0.4, -0.2) is 11.0 Å². The molecule has 1 aromatic carbocycles. The molecule has 1 saturated heterocycles. The summed E-state index contributed by atoms with van der Waals surface area (Å²) in [6.45, 7) is 0. The van der Waals surface area contributed by atoms with Crippen LogP contribution >= 0.6 is 23.6 Å². The van der Waals surface area contributed by atoms with Gasteiger partial charge < -0.3 is 5.32 Å². The molecule has 0 unspecified atom stereocenters. The smallest absolute Gasteiger partial charge is 0.328 e. The van der Waals surface area contributed by atoms with Crippen LogP contribution in [0.4, 0.5) is 13.2 Å². The molecule has 1 amide bonds. The summed E-state index contributed by atoms with van der Waals surface area (Å²) in [5.41, 5.74) is 0.103. The number of hydrogen-bond donors (Lipinski definition) is 2. The first-order valence-corrected chi connectivity index (χ1v) is 7.67. The molecule has 118 valence electrons. The van der Waals surface area contributed by atoms with Gasteiger partial charge in [0.1, 0.15) is 5.70 Å². The molecule has 3 rings (SSSR count). The van der Waals surface area contributed by atoms with Crippen LogP contribution in [0.5, 0.6) is 0 Å². The molecule has 2 heterocycles. The molecule has 0 bridgehead atoms. The molecule has 0 saturated carbocycles. The second kappa shape index (κ2) is 5.78. The Morgan fingerprint density at radius 2 is 1.91 bits per heavy atom. The van der Waals surface area contributed by atoms with Gasteiger partial charge in [-0.15, -0.1) is 11.3 Å². The quantitative estimate of drug-likeness (QED) is 0.637. The number of nitrogens with one attached hydrogen (secondary N) is 2. The van der Waals surface area contributed by atoms with Crippen LogP contribution in [0, 0.1) is 0 Å². The Kier molecular flexibility index (Phi) is 3.95. The Balaban J connectivity index is 1.90. The van der Waals surface area contributed by atoms with Gasteiger partial charge in [0, 0.05) is 9.75 Å². The standard InChI is InChI=1S/C15H9F3N2OS2/c16-15(17,18)9-3-1-2-8(6-9)12-5-4-10(23-12)7-11-13(21)20-14(22)19-11/h1-7H,(H2,19,20,21,22)/b11-7+. The topological polar surface area (TPSA) is 41.1 Å². The van der Waals surface area contributed by atoms with E-state index in [1.54, 1.807) is 24.3 Å². The van der Waals surface area contributed by atoms with Gasteiger partial charge in [-0.3, -0.25) is 10.1 Å². The summed E-state index contributed by atoms with van der Waals surface area (Å²) in [4.78, 5) is 13.0. The van der Waals surface area contributed by atoms with Crippen molar-refractivity contribution in [3.05, 3.63) is 52.5 Å². The lowest BCUT2D eigenvalue weighted by atomic mass is 10.1. The van der Waals surface area contributed by atoms with Gasteiger partial charge in [0.05, 0.1) is 5.56 Å². The Bertz CT molecular complexity index is 824. The van der Waals surface area contributed by atoms with E-state index in [0.29, 0.717) is 16.1 Å². The van der Waals surface area contributed by atoms with Crippen LogP contribution in [-0.2, 0) is 11.0 Å². The lowest BCUT2D eigenvalue weighted by Crippen LogP contribution is -2.21. The van der Waals surface area contributed by atoms with Crippen molar-refractivity contribution in [3.63, 3.8) is 0 Å². The van der Waals surface area contributed by atoms with Crippen molar-refractivity contribution < 1.29 is 18.0 Å². The van der Waals surface area contributed by atoms with Gasteiger partial charge in [0.15, 0.2) is 5.11 Å². The van der Waals surface area contributed by atoms with E-state index in [4.69, 9.17) is 12.2 Å². The number of amides is 1. The third-order valence-corrected chi connectivity index (χ3v) is 4.39. The van der Waals surface area contributed by atoms with Gasteiger partial charge >= 0.3 is 6.18 Å². The summed E-state index contributed by atoms with van der Waals surface area (Å²) in [5.74, 6) is -0.330. The number of halogens is 3. The van der Waals surface area contributed by atoms with Gasteiger partial charge in [0.25, 0.3) is 5.91 Å². The van der Waals surface area contributed by atoms with Crippen molar-refractivity contribution in [1.82, 2.24) is 10.6 Å². The van der Waals surface area contributed by atoms with Crippen LogP contribution in [0.15, 0.2) is 42.1 Å². The number of carbonyl (C=O) groups excluding carboxylic acids is 1. The molecule has 0 spiro atoms. The van der Waals surface area contributed by atoms with E-state index < -0.39 is 11.7 Å². The van der Waals surface area contributed by atoms with Crippen molar-refractivity contribution >= 4 is 40.7 Å². The first kappa shape index (κ1) is 15.7. The molecule has 1 aliphatic rings. The summed E-state index contributed by atoms with van der Waals surface area (Å²) in [5, 5.41) is 5.39. The highest BCUT2D eigenvalue weighted by molar-refractivity contribution is 7.80. The number of alkyl halides is 3. The third kappa shape index (κ3) is 3.43. The summed E-state index contributed by atoms with van der Waals surface area (Å²) in [7, 11) is 0. The second-order valence-corrected chi connectivity index (χ2v) is 6.27. The molecule has 8 heteroatoms. The first-order valence-electron chi connectivity index (χ1n) is 6.44. The third-order valence-electron chi connectivity index (χ3n) is 3.11. The zero-order chi connectivity index (χ0) is 16.6. The molecule has 1 aliphatic heterocycles. The fourth-order valence-electron chi connectivity index (χ4n) is 2.06. The van der Waals surface area contributed by atoms with Gasteiger partial charge in [-0.2, -0.15) is 13.2 Å². The summed E-state index contributed by atoms with van der Waals surface area (Å²) >= 11 is 6.12. The molecule has 3 nitrogen and oxygen atoms in total. The largest absolute Gasteiger partial charge is 0.416 e. The van der Waals surface area contributed by atoms with Crippen molar-refractivity contribution in [1.29, 1.82) is 0 Å². The number of hydrogen-bond acceptors (Lipinski definition) is 3. The fraction of sp³-hybridized carbons (Fsp3) is 0.0667. The average Bonchev–Trinajstić information content (AvgIpc) is 3.06. The van der Waals surface area contributed by atoms with E-state index in [1.165, 1.54) is 17.4 Å².